The van der Waals surface area contributed by atoms with E-state index >= 15 is 0 Å². The molecule has 0 unspecified atom stereocenters. The highest BCUT2D eigenvalue weighted by molar-refractivity contribution is 5.96. The van der Waals surface area contributed by atoms with E-state index in [-0.39, 0.29) is 12.4 Å². The van der Waals surface area contributed by atoms with Crippen LogP contribution in [0.5, 0.6) is 11.5 Å². The van der Waals surface area contributed by atoms with E-state index in [9.17, 15) is 0 Å². The molecule has 1 heterocycles. The third-order valence-corrected chi connectivity index (χ3v) is 3.32. The highest BCUT2D eigenvalue weighted by Gasteiger charge is 2.18. The topological polar surface area (TPSA) is 46.1 Å². The predicted molar refractivity (Wildman–Crippen MR) is 84.5 cm³/mol. The Bertz CT molecular complexity index is 488. The van der Waals surface area contributed by atoms with Crippen molar-refractivity contribution in [1.82, 2.24) is 4.90 Å². The normalized spacial score (nSPS) is 12.5. The Morgan fingerprint density at radius 3 is 2.30 bits per heavy atom. The fourth-order valence-corrected chi connectivity index (χ4v) is 2.19. The van der Waals surface area contributed by atoms with Gasteiger partial charge in [-0.25, -0.2) is 4.99 Å². The van der Waals surface area contributed by atoms with Crippen LogP contribution < -0.4 is 14.8 Å². The molecule has 0 aromatic heterocycles. The van der Waals surface area contributed by atoms with E-state index in [4.69, 9.17) is 9.47 Å². The number of hydrogen-bond donors (Lipinski definition) is 1. The van der Waals surface area contributed by atoms with Gasteiger partial charge in [0.05, 0.1) is 20.8 Å². The van der Waals surface area contributed by atoms with Crippen molar-refractivity contribution in [2.75, 3.05) is 32.6 Å². The summed E-state index contributed by atoms with van der Waals surface area (Å²) < 4.78 is 10.6. The first-order valence-corrected chi connectivity index (χ1v) is 6.54. The largest absolute Gasteiger partial charge is 0.493 e. The molecule has 0 fully saturated rings. The van der Waals surface area contributed by atoms with Crippen LogP contribution in [0, 0.1) is 0 Å². The molecule has 0 radical (unpaired) electrons. The molecule has 1 aliphatic rings. The summed E-state index contributed by atoms with van der Waals surface area (Å²) in [7, 11) is 3.29. The number of anilines is 1. The fourth-order valence-electron chi connectivity index (χ4n) is 2.19. The zero-order chi connectivity index (χ0) is 13.8. The minimum Gasteiger partial charge on any atom is -0.493 e. The average Bonchev–Trinajstić information content (AvgIpc) is 2.46. The van der Waals surface area contributed by atoms with Gasteiger partial charge in [-0.3, -0.25) is 0 Å². The van der Waals surface area contributed by atoms with Crippen molar-refractivity contribution in [1.29, 1.82) is 0 Å². The summed E-state index contributed by atoms with van der Waals surface area (Å²) in [6, 6.07) is 3.94. The molecule has 0 spiro atoms. The molecule has 0 bridgehead atoms. The minimum atomic E-state index is 0. The van der Waals surface area contributed by atoms with Crippen LogP contribution in [0.3, 0.4) is 0 Å². The third kappa shape index (κ3) is 3.10. The second-order valence-corrected chi connectivity index (χ2v) is 4.30. The Labute approximate surface area is 126 Å². The van der Waals surface area contributed by atoms with Crippen LogP contribution in [0.25, 0.3) is 0 Å². The van der Waals surface area contributed by atoms with Crippen molar-refractivity contribution in [3.05, 3.63) is 17.7 Å². The molecule has 0 saturated heterocycles. The molecule has 1 aromatic carbocycles. The summed E-state index contributed by atoms with van der Waals surface area (Å²) in [4.78, 5) is 6.77. The molecule has 1 aliphatic heterocycles. The lowest BCUT2D eigenvalue weighted by Crippen LogP contribution is -2.37. The summed E-state index contributed by atoms with van der Waals surface area (Å²) in [6.45, 7) is 6.78. The smallest absolute Gasteiger partial charge is 0.198 e. The number of fused-ring (bicyclic) bond motifs is 1. The first-order chi connectivity index (χ1) is 9.23. The van der Waals surface area contributed by atoms with Crippen molar-refractivity contribution in [2.45, 2.75) is 20.4 Å². The lowest BCUT2D eigenvalue weighted by atomic mass is 10.1. The van der Waals surface area contributed by atoms with Gasteiger partial charge in [-0.15, -0.1) is 12.4 Å². The van der Waals surface area contributed by atoms with E-state index in [0.29, 0.717) is 6.54 Å². The Morgan fingerprint density at radius 1 is 1.15 bits per heavy atom. The molecule has 1 aromatic rings. The molecule has 20 heavy (non-hydrogen) atoms. The van der Waals surface area contributed by atoms with Gasteiger partial charge in [-0.05, 0) is 19.9 Å². The second-order valence-electron chi connectivity index (χ2n) is 4.30. The molecule has 0 saturated carbocycles. The number of benzene rings is 1. The van der Waals surface area contributed by atoms with Gasteiger partial charge < -0.3 is 19.7 Å². The second kappa shape index (κ2) is 7.24. The highest BCUT2D eigenvalue weighted by Crippen LogP contribution is 2.35. The maximum atomic E-state index is 5.33. The van der Waals surface area contributed by atoms with Crippen LogP contribution in [-0.4, -0.2) is 38.2 Å². The fraction of sp³-hybridized carbons (Fsp3) is 0.500. The Hall–Kier alpha value is -1.62. The van der Waals surface area contributed by atoms with Gasteiger partial charge in [-0.1, -0.05) is 0 Å². The van der Waals surface area contributed by atoms with Crippen molar-refractivity contribution in [3.8, 4) is 11.5 Å². The monoisotopic (exact) mass is 299 g/mol. The molecule has 0 aliphatic carbocycles. The maximum absolute atomic E-state index is 5.33. The molecular weight excluding hydrogens is 278 g/mol. The number of nitrogens with one attached hydrogen (secondary N) is 1. The van der Waals surface area contributed by atoms with Crippen molar-refractivity contribution >= 4 is 24.1 Å². The van der Waals surface area contributed by atoms with Gasteiger partial charge in [0.25, 0.3) is 0 Å². The number of methoxy groups -OCH3 is 2. The summed E-state index contributed by atoms with van der Waals surface area (Å²) in [5.74, 6) is 2.39. The SMILES string of the molecule is CCN(CC)C1=NCc2cc(OC)c(OC)cc2N1.Cl. The number of halogens is 1. The summed E-state index contributed by atoms with van der Waals surface area (Å²) >= 11 is 0. The summed E-state index contributed by atoms with van der Waals surface area (Å²) in [5.41, 5.74) is 2.16. The van der Waals surface area contributed by atoms with Crippen molar-refractivity contribution < 1.29 is 9.47 Å². The zero-order valence-corrected chi connectivity index (χ0v) is 13.2. The number of nitrogens with zero attached hydrogens (tertiary/aromatic N) is 2. The first kappa shape index (κ1) is 16.4. The van der Waals surface area contributed by atoms with Gasteiger partial charge in [0, 0.05) is 30.4 Å². The average molecular weight is 300 g/mol. The van der Waals surface area contributed by atoms with Gasteiger partial charge in [0.2, 0.25) is 0 Å². The molecule has 0 amide bonds. The summed E-state index contributed by atoms with van der Waals surface area (Å²) in [5, 5.41) is 3.37. The Kier molecular flexibility index (Phi) is 5.95. The van der Waals surface area contributed by atoms with E-state index in [1.807, 2.05) is 12.1 Å². The van der Waals surface area contributed by atoms with Gasteiger partial charge >= 0.3 is 0 Å². The van der Waals surface area contributed by atoms with Crippen molar-refractivity contribution in [3.63, 3.8) is 0 Å². The lowest BCUT2D eigenvalue weighted by Gasteiger charge is -2.28. The first-order valence-electron chi connectivity index (χ1n) is 6.54. The predicted octanol–water partition coefficient (Wildman–Crippen LogP) is 2.75. The summed E-state index contributed by atoms with van der Waals surface area (Å²) in [6.07, 6.45) is 0. The van der Waals surface area contributed by atoms with Crippen LogP contribution in [0.4, 0.5) is 5.69 Å². The zero-order valence-electron chi connectivity index (χ0n) is 12.4. The maximum Gasteiger partial charge on any atom is 0.198 e. The van der Waals surface area contributed by atoms with Crippen LogP contribution in [0.2, 0.25) is 0 Å². The number of ether oxygens (including phenoxy) is 2. The third-order valence-electron chi connectivity index (χ3n) is 3.32. The van der Waals surface area contributed by atoms with E-state index in [1.54, 1.807) is 14.2 Å². The minimum absolute atomic E-state index is 0. The van der Waals surface area contributed by atoms with Gasteiger partial charge in [-0.2, -0.15) is 0 Å². The number of rotatable bonds is 4. The van der Waals surface area contributed by atoms with E-state index in [0.717, 1.165) is 41.8 Å². The molecule has 6 heteroatoms. The number of hydrogen-bond acceptors (Lipinski definition) is 5. The molecule has 1 N–H and O–H groups in total. The van der Waals surface area contributed by atoms with E-state index < -0.39 is 0 Å². The van der Waals surface area contributed by atoms with E-state index in [2.05, 4.69) is 29.1 Å². The Morgan fingerprint density at radius 2 is 1.75 bits per heavy atom. The lowest BCUT2D eigenvalue weighted by molar-refractivity contribution is 0.354. The van der Waals surface area contributed by atoms with Crippen molar-refractivity contribution in [2.24, 2.45) is 4.99 Å². The van der Waals surface area contributed by atoms with Crippen LogP contribution in [-0.2, 0) is 6.54 Å². The highest BCUT2D eigenvalue weighted by atomic mass is 35.5. The molecule has 0 atom stereocenters. The van der Waals surface area contributed by atoms with Crippen LogP contribution in [0.15, 0.2) is 17.1 Å². The number of guanidine groups is 1. The molecule has 2 rings (SSSR count). The quantitative estimate of drug-likeness (QED) is 0.928. The Balaban J connectivity index is 0.00000200. The molecular formula is C14H22ClN3O2. The van der Waals surface area contributed by atoms with Gasteiger partial charge in [0.1, 0.15) is 0 Å². The van der Waals surface area contributed by atoms with E-state index in [1.165, 1.54) is 0 Å². The molecule has 5 nitrogen and oxygen atoms in total. The standard InChI is InChI=1S/C14H21N3O2.ClH/c1-5-17(6-2)14-15-9-10-7-12(18-3)13(19-4)8-11(10)16-14;/h7-8H,5-6,9H2,1-4H3,(H,15,16);1H. The van der Waals surface area contributed by atoms with Crippen LogP contribution >= 0.6 is 12.4 Å². The van der Waals surface area contributed by atoms with Crippen LogP contribution in [0.1, 0.15) is 19.4 Å². The van der Waals surface area contributed by atoms with Gasteiger partial charge in [0.15, 0.2) is 17.5 Å². The molecule has 112 valence electrons. The number of aliphatic imine (C=N–C) groups is 1.